The number of hydrogen-bond acceptors (Lipinski definition) is 5. The topological polar surface area (TPSA) is 96.0 Å². The predicted octanol–water partition coefficient (Wildman–Crippen LogP) is 3.76. The van der Waals surface area contributed by atoms with E-state index in [1.165, 1.54) is 12.0 Å². The van der Waals surface area contributed by atoms with E-state index in [4.69, 9.17) is 16.3 Å². The number of nitrogens with zero attached hydrogens (tertiary/aromatic N) is 2. The summed E-state index contributed by atoms with van der Waals surface area (Å²) in [7, 11) is -2.44. The quantitative estimate of drug-likeness (QED) is 0.540. The zero-order chi connectivity index (χ0) is 26.6. The van der Waals surface area contributed by atoms with Crippen molar-refractivity contribution in [2.24, 2.45) is 0 Å². The maximum absolute atomic E-state index is 13.6. The fraction of sp³-hybridized carbons (Fsp3) is 0.440. The number of amides is 2. The lowest BCUT2D eigenvalue weighted by Gasteiger charge is -2.33. The summed E-state index contributed by atoms with van der Waals surface area (Å²) >= 11 is 6.33. The molecule has 0 aliphatic carbocycles. The summed E-state index contributed by atoms with van der Waals surface area (Å²) in [5.74, 6) is -0.614. The van der Waals surface area contributed by atoms with Gasteiger partial charge in [0.05, 0.1) is 19.1 Å². The molecule has 192 valence electrons. The average molecular weight is 524 g/mol. The molecule has 0 aliphatic heterocycles. The van der Waals surface area contributed by atoms with Crippen LogP contribution < -0.4 is 14.4 Å². The molecule has 8 nitrogen and oxygen atoms in total. The number of ether oxygens (including phenoxy) is 1. The zero-order valence-corrected chi connectivity index (χ0v) is 22.8. The maximum Gasteiger partial charge on any atom is 0.244 e. The Morgan fingerprint density at radius 1 is 1.14 bits per heavy atom. The third kappa shape index (κ3) is 7.86. The molecule has 1 N–H and O–H groups in total. The molecule has 0 aliphatic rings. The highest BCUT2D eigenvalue weighted by Gasteiger charge is 2.32. The third-order valence-corrected chi connectivity index (χ3v) is 6.74. The lowest BCUT2D eigenvalue weighted by molar-refractivity contribution is -0.140. The third-order valence-electron chi connectivity index (χ3n) is 5.25. The summed E-state index contributed by atoms with van der Waals surface area (Å²) in [5.41, 5.74) is 1.16. The molecular weight excluding hydrogens is 490 g/mol. The number of sulfonamides is 1. The van der Waals surface area contributed by atoms with Gasteiger partial charge in [0.15, 0.2) is 0 Å². The first-order valence-corrected chi connectivity index (χ1v) is 13.3. The van der Waals surface area contributed by atoms with Crippen LogP contribution in [0.25, 0.3) is 0 Å². The molecule has 2 aromatic carbocycles. The van der Waals surface area contributed by atoms with Gasteiger partial charge < -0.3 is 15.0 Å². The number of halogens is 1. The van der Waals surface area contributed by atoms with Crippen LogP contribution in [0.1, 0.15) is 38.8 Å². The molecule has 35 heavy (non-hydrogen) atoms. The number of nitrogens with one attached hydrogen (secondary N) is 1. The fourth-order valence-corrected chi connectivity index (χ4v) is 4.50. The number of rotatable bonds is 9. The molecule has 1 atom stereocenters. The van der Waals surface area contributed by atoms with Crippen LogP contribution in [0.5, 0.6) is 5.75 Å². The fourth-order valence-electron chi connectivity index (χ4n) is 3.46. The van der Waals surface area contributed by atoms with Crippen molar-refractivity contribution in [3.8, 4) is 5.75 Å². The SMILES string of the molecule is COc1ccc(C)cc1N(CC(=O)N(Cc1ccccc1Cl)[C@@H](C)C(=O)NC(C)(C)C)S(C)(=O)=O. The molecule has 0 spiro atoms. The smallest absolute Gasteiger partial charge is 0.244 e. The lowest BCUT2D eigenvalue weighted by atomic mass is 10.1. The number of carbonyl (C=O) groups excluding carboxylic acids is 2. The average Bonchev–Trinajstić information content (AvgIpc) is 2.74. The van der Waals surface area contributed by atoms with Crippen molar-refractivity contribution in [2.75, 3.05) is 24.2 Å². The number of hydrogen-bond donors (Lipinski definition) is 1. The van der Waals surface area contributed by atoms with Crippen LogP contribution in [0.4, 0.5) is 5.69 Å². The van der Waals surface area contributed by atoms with Crippen LogP contribution in [0.2, 0.25) is 5.02 Å². The van der Waals surface area contributed by atoms with Crippen LogP contribution >= 0.6 is 11.6 Å². The van der Waals surface area contributed by atoms with Gasteiger partial charge in [0, 0.05) is 17.1 Å². The van der Waals surface area contributed by atoms with E-state index in [2.05, 4.69) is 5.32 Å². The molecule has 0 saturated heterocycles. The van der Waals surface area contributed by atoms with Crippen LogP contribution in [-0.4, -0.2) is 56.6 Å². The van der Waals surface area contributed by atoms with Crippen molar-refractivity contribution in [3.05, 3.63) is 58.6 Å². The molecule has 0 radical (unpaired) electrons. The molecule has 0 fully saturated rings. The summed E-state index contributed by atoms with van der Waals surface area (Å²) < 4.78 is 31.9. The molecular formula is C25H34ClN3O5S. The van der Waals surface area contributed by atoms with Crippen molar-refractivity contribution < 1.29 is 22.7 Å². The first-order valence-electron chi connectivity index (χ1n) is 11.1. The summed E-state index contributed by atoms with van der Waals surface area (Å²) in [5, 5.41) is 3.32. The van der Waals surface area contributed by atoms with Crippen LogP contribution in [0.15, 0.2) is 42.5 Å². The summed E-state index contributed by atoms with van der Waals surface area (Å²) in [4.78, 5) is 28.0. The molecule has 2 aromatic rings. The molecule has 0 saturated carbocycles. The Kier molecular flexibility index (Phi) is 9.19. The first kappa shape index (κ1) is 28.5. The zero-order valence-electron chi connectivity index (χ0n) is 21.3. The molecule has 10 heteroatoms. The van der Waals surface area contributed by atoms with Gasteiger partial charge in [-0.15, -0.1) is 0 Å². The Morgan fingerprint density at radius 3 is 2.31 bits per heavy atom. The number of aryl methyl sites for hydroxylation is 1. The predicted molar refractivity (Wildman–Crippen MR) is 139 cm³/mol. The minimum absolute atomic E-state index is 0.0276. The van der Waals surface area contributed by atoms with Gasteiger partial charge in [-0.25, -0.2) is 8.42 Å². The van der Waals surface area contributed by atoms with Gasteiger partial charge in [0.2, 0.25) is 21.8 Å². The van der Waals surface area contributed by atoms with Crippen molar-refractivity contribution in [2.45, 2.75) is 52.7 Å². The Morgan fingerprint density at radius 2 is 1.77 bits per heavy atom. The van der Waals surface area contributed by atoms with Gasteiger partial charge >= 0.3 is 0 Å². The standard InChI is InChI=1S/C25H34ClN3O5S/c1-17-12-13-22(34-6)21(14-17)29(35(7,32)33)16-23(30)28(15-19-10-8-9-11-20(19)26)18(2)24(31)27-25(3,4)5/h8-14,18H,15-16H2,1-7H3,(H,27,31)/t18-/m0/s1. The minimum Gasteiger partial charge on any atom is -0.495 e. The largest absolute Gasteiger partial charge is 0.495 e. The molecule has 2 rings (SSSR count). The molecule has 0 aromatic heterocycles. The number of anilines is 1. The second kappa shape index (κ2) is 11.3. The van der Waals surface area contributed by atoms with E-state index in [-0.39, 0.29) is 18.1 Å². The second-order valence-electron chi connectivity index (χ2n) is 9.47. The van der Waals surface area contributed by atoms with E-state index in [0.717, 1.165) is 16.1 Å². The Hall–Kier alpha value is -2.78. The Balaban J connectivity index is 2.49. The van der Waals surface area contributed by atoms with Gasteiger partial charge in [-0.2, -0.15) is 0 Å². The lowest BCUT2D eigenvalue weighted by Crippen LogP contribution is -2.54. The number of benzene rings is 2. The van der Waals surface area contributed by atoms with E-state index < -0.39 is 34.1 Å². The maximum atomic E-state index is 13.6. The minimum atomic E-state index is -3.87. The highest BCUT2D eigenvalue weighted by molar-refractivity contribution is 7.92. The van der Waals surface area contributed by atoms with Gasteiger partial charge in [-0.3, -0.25) is 13.9 Å². The summed E-state index contributed by atoms with van der Waals surface area (Å²) in [6.45, 7) is 8.45. The van der Waals surface area contributed by atoms with Crippen molar-refractivity contribution in [3.63, 3.8) is 0 Å². The monoisotopic (exact) mass is 523 g/mol. The van der Waals surface area contributed by atoms with Gasteiger partial charge in [-0.05, 0) is 63.9 Å². The molecule has 0 bridgehead atoms. The van der Waals surface area contributed by atoms with Gasteiger partial charge in [-0.1, -0.05) is 35.9 Å². The summed E-state index contributed by atoms with van der Waals surface area (Å²) in [6, 6.07) is 11.2. The van der Waals surface area contributed by atoms with Crippen LogP contribution in [0, 0.1) is 6.92 Å². The van der Waals surface area contributed by atoms with E-state index in [9.17, 15) is 18.0 Å². The van der Waals surface area contributed by atoms with E-state index in [0.29, 0.717) is 16.3 Å². The molecule has 2 amide bonds. The summed E-state index contributed by atoms with van der Waals surface area (Å²) in [6.07, 6.45) is 1.02. The van der Waals surface area contributed by atoms with E-state index >= 15 is 0 Å². The molecule has 0 heterocycles. The van der Waals surface area contributed by atoms with Crippen LogP contribution in [0.3, 0.4) is 0 Å². The normalized spacial score (nSPS) is 12.6. The Bertz CT molecular complexity index is 1180. The second-order valence-corrected chi connectivity index (χ2v) is 11.8. The van der Waals surface area contributed by atoms with Gasteiger partial charge in [0.25, 0.3) is 0 Å². The Labute approximate surface area is 213 Å². The van der Waals surface area contributed by atoms with Gasteiger partial charge in [0.1, 0.15) is 18.3 Å². The number of methoxy groups -OCH3 is 1. The highest BCUT2D eigenvalue weighted by atomic mass is 35.5. The highest BCUT2D eigenvalue weighted by Crippen LogP contribution is 2.31. The van der Waals surface area contributed by atoms with E-state index in [1.54, 1.807) is 49.4 Å². The van der Waals surface area contributed by atoms with Crippen LogP contribution in [-0.2, 0) is 26.2 Å². The van der Waals surface area contributed by atoms with Crippen molar-refractivity contribution in [1.29, 1.82) is 0 Å². The molecule has 0 unspecified atom stereocenters. The van der Waals surface area contributed by atoms with E-state index in [1.807, 2.05) is 27.7 Å². The first-order chi connectivity index (χ1) is 16.1. The number of carbonyl (C=O) groups is 2. The van der Waals surface area contributed by atoms with Crippen molar-refractivity contribution in [1.82, 2.24) is 10.2 Å². The van der Waals surface area contributed by atoms with Crippen molar-refractivity contribution >= 4 is 39.1 Å².